The van der Waals surface area contributed by atoms with Crippen molar-refractivity contribution in [3.63, 3.8) is 0 Å². The zero-order valence-electron chi connectivity index (χ0n) is 16.8. The van der Waals surface area contributed by atoms with Crippen LogP contribution in [-0.4, -0.2) is 38.5 Å². The maximum Gasteiger partial charge on any atom is 0.341 e. The fourth-order valence-electron chi connectivity index (χ4n) is 2.86. The van der Waals surface area contributed by atoms with Gasteiger partial charge in [0, 0.05) is 22.0 Å². The maximum absolute atomic E-state index is 13.1. The lowest BCUT2D eigenvalue weighted by molar-refractivity contribution is -0.385. The number of carboxylic acid groups (broad SMARTS) is 1. The number of rotatable bonds is 7. The minimum absolute atomic E-state index is 0.141. The normalized spacial score (nSPS) is 11.4. The molecule has 0 unspecified atom stereocenters. The number of aliphatic carboxylic acids is 1. The van der Waals surface area contributed by atoms with Crippen LogP contribution in [0.2, 0.25) is 5.02 Å². The molecule has 0 atom stereocenters. The van der Waals surface area contributed by atoms with E-state index in [0.717, 1.165) is 10.7 Å². The zero-order valence-corrected chi connectivity index (χ0v) is 19.1. The lowest BCUT2D eigenvalue weighted by atomic mass is 10.2. The quantitative estimate of drug-likeness (QED) is 0.278. The maximum atomic E-state index is 13.1. The van der Waals surface area contributed by atoms with Crippen molar-refractivity contribution >= 4 is 56.3 Å². The molecule has 12 heteroatoms. The molecule has 1 heterocycles. The first-order chi connectivity index (χ1) is 15.1. The van der Waals surface area contributed by atoms with Gasteiger partial charge in [0.1, 0.15) is 5.82 Å². The van der Waals surface area contributed by atoms with Gasteiger partial charge in [-0.05, 0) is 24.3 Å². The fourth-order valence-corrected chi connectivity index (χ4v) is 3.50. The zero-order chi connectivity index (χ0) is 23.6. The molecule has 0 amide bonds. The molecule has 3 rings (SSSR count). The molecule has 166 valence electrons. The smallest absolute Gasteiger partial charge is 0.341 e. The van der Waals surface area contributed by atoms with Crippen LogP contribution in [0.5, 0.6) is 5.75 Å². The van der Waals surface area contributed by atoms with Gasteiger partial charge in [-0.2, -0.15) is 9.78 Å². The van der Waals surface area contributed by atoms with E-state index >= 15 is 0 Å². The van der Waals surface area contributed by atoms with Crippen molar-refractivity contribution in [1.82, 2.24) is 9.66 Å². The van der Waals surface area contributed by atoms with Crippen molar-refractivity contribution in [3.05, 3.63) is 71.7 Å². The second kappa shape index (κ2) is 9.45. The van der Waals surface area contributed by atoms with E-state index in [2.05, 4.69) is 26.0 Å². The molecule has 2 aromatic carbocycles. The molecule has 10 nitrogen and oxygen atoms in total. The molecule has 32 heavy (non-hydrogen) atoms. The molecule has 0 radical (unpaired) electrons. The summed E-state index contributed by atoms with van der Waals surface area (Å²) in [5.41, 5.74) is -0.206. The summed E-state index contributed by atoms with van der Waals surface area (Å²) in [7, 11) is 0. The average molecular weight is 524 g/mol. The predicted octanol–water partition coefficient (Wildman–Crippen LogP) is 4.19. The number of carboxylic acids is 1. The van der Waals surface area contributed by atoms with Crippen LogP contribution in [-0.2, 0) is 4.79 Å². The van der Waals surface area contributed by atoms with Crippen LogP contribution in [0, 0.1) is 10.1 Å². The Labute approximate surface area is 194 Å². The highest BCUT2D eigenvalue weighted by atomic mass is 79.9. The monoisotopic (exact) mass is 522 g/mol. The summed E-state index contributed by atoms with van der Waals surface area (Å²) in [6.07, 6.45) is 1.23. The van der Waals surface area contributed by atoms with Gasteiger partial charge in [0.2, 0.25) is 5.75 Å². The van der Waals surface area contributed by atoms with E-state index < -0.39 is 28.7 Å². The third-order valence-electron chi connectivity index (χ3n) is 4.26. The Kier molecular flexibility index (Phi) is 6.90. The minimum Gasteiger partial charge on any atom is -0.479 e. The van der Waals surface area contributed by atoms with Gasteiger partial charge in [-0.25, -0.2) is 9.78 Å². The molecule has 0 bridgehead atoms. The highest BCUT2D eigenvalue weighted by Crippen LogP contribution is 2.35. The number of fused-ring (bicyclic) bond motifs is 1. The van der Waals surface area contributed by atoms with Gasteiger partial charge in [0.15, 0.2) is 6.61 Å². The predicted molar refractivity (Wildman–Crippen MR) is 122 cm³/mol. The second-order valence-electron chi connectivity index (χ2n) is 6.94. The highest BCUT2D eigenvalue weighted by molar-refractivity contribution is 9.10. The largest absolute Gasteiger partial charge is 0.479 e. The molecule has 0 spiro atoms. The Morgan fingerprint density at radius 1 is 1.41 bits per heavy atom. The number of ether oxygens (including phenoxy) is 1. The van der Waals surface area contributed by atoms with Crippen LogP contribution < -0.4 is 10.3 Å². The summed E-state index contributed by atoms with van der Waals surface area (Å²) in [6.45, 7) is 2.92. The van der Waals surface area contributed by atoms with Crippen LogP contribution in [0.3, 0.4) is 0 Å². The molecular formula is C20H16BrClN4O6. The third kappa shape index (κ3) is 4.94. The third-order valence-corrected chi connectivity index (χ3v) is 5.03. The molecule has 0 saturated heterocycles. The van der Waals surface area contributed by atoms with E-state index in [-0.39, 0.29) is 22.3 Å². The summed E-state index contributed by atoms with van der Waals surface area (Å²) in [4.78, 5) is 39.0. The van der Waals surface area contributed by atoms with Crippen LogP contribution in [0.25, 0.3) is 10.9 Å². The standard InChI is InChI=1S/C20H16BrClN4O6/c1-10(2)19-24-15-4-3-12(21)7-13(15)20(29)25(19)23-8-11-5-14(22)18(32-9-17(27)28)16(6-11)26(30)31/h3-8,10H,9H2,1-2H3,(H,27,28). The van der Waals surface area contributed by atoms with E-state index in [1.165, 1.54) is 12.3 Å². The van der Waals surface area contributed by atoms with Gasteiger partial charge < -0.3 is 9.84 Å². The summed E-state index contributed by atoms with van der Waals surface area (Å²) in [5.74, 6) is -1.41. The topological polar surface area (TPSA) is 137 Å². The Hall–Kier alpha value is -3.31. The van der Waals surface area contributed by atoms with E-state index in [9.17, 15) is 19.7 Å². The van der Waals surface area contributed by atoms with Crippen LogP contribution in [0.1, 0.15) is 31.2 Å². The number of nitro groups is 1. The first kappa shape index (κ1) is 23.4. The summed E-state index contributed by atoms with van der Waals surface area (Å²) < 4.78 is 6.79. The molecule has 1 N–H and O–H groups in total. The van der Waals surface area contributed by atoms with Gasteiger partial charge in [0.25, 0.3) is 5.56 Å². The lowest BCUT2D eigenvalue weighted by Gasteiger charge is -2.12. The number of nitro benzene ring substituents is 1. The average Bonchev–Trinajstić information content (AvgIpc) is 2.71. The molecule has 0 aliphatic heterocycles. The molecule has 0 aliphatic carbocycles. The van der Waals surface area contributed by atoms with Crippen molar-refractivity contribution in [1.29, 1.82) is 0 Å². The number of nitrogens with zero attached hydrogens (tertiary/aromatic N) is 4. The van der Waals surface area contributed by atoms with Crippen molar-refractivity contribution in [2.45, 2.75) is 19.8 Å². The number of hydrogen-bond acceptors (Lipinski definition) is 7. The molecule has 0 fully saturated rings. The van der Waals surface area contributed by atoms with Crippen molar-refractivity contribution in [2.75, 3.05) is 6.61 Å². The van der Waals surface area contributed by atoms with E-state index in [0.29, 0.717) is 21.2 Å². The Bertz CT molecular complexity index is 1320. The molecule has 0 aliphatic rings. The first-order valence-corrected chi connectivity index (χ1v) is 10.3. The van der Waals surface area contributed by atoms with Crippen LogP contribution in [0.4, 0.5) is 5.69 Å². The van der Waals surface area contributed by atoms with Crippen molar-refractivity contribution in [2.24, 2.45) is 5.10 Å². The molecule has 0 saturated carbocycles. The highest BCUT2D eigenvalue weighted by Gasteiger charge is 2.21. The number of carbonyl (C=O) groups is 1. The van der Waals surface area contributed by atoms with Crippen LogP contribution >= 0.6 is 27.5 Å². The van der Waals surface area contributed by atoms with Crippen LogP contribution in [0.15, 0.2) is 44.7 Å². The first-order valence-electron chi connectivity index (χ1n) is 9.17. The van der Waals surface area contributed by atoms with Gasteiger partial charge in [-0.1, -0.05) is 41.4 Å². The number of aromatic nitrogens is 2. The molecular weight excluding hydrogens is 508 g/mol. The van der Waals surface area contributed by atoms with Crippen molar-refractivity contribution in [3.8, 4) is 5.75 Å². The SMILES string of the molecule is CC(C)c1nc2ccc(Br)cc2c(=O)n1N=Cc1cc(Cl)c(OCC(=O)O)c([N+](=O)[O-])c1. The summed E-state index contributed by atoms with van der Waals surface area (Å²) >= 11 is 9.41. The van der Waals surface area contributed by atoms with Gasteiger partial charge in [-0.3, -0.25) is 14.9 Å². The molecule has 3 aromatic rings. The number of benzene rings is 2. The second-order valence-corrected chi connectivity index (χ2v) is 8.26. The van der Waals surface area contributed by atoms with Gasteiger partial charge in [-0.15, -0.1) is 0 Å². The van der Waals surface area contributed by atoms with Gasteiger partial charge in [0.05, 0.1) is 27.1 Å². The Morgan fingerprint density at radius 2 is 2.12 bits per heavy atom. The van der Waals surface area contributed by atoms with Crippen molar-refractivity contribution < 1.29 is 19.6 Å². The van der Waals surface area contributed by atoms with E-state index in [1.807, 2.05) is 13.8 Å². The van der Waals surface area contributed by atoms with E-state index in [4.69, 9.17) is 21.4 Å². The Balaban J connectivity index is 2.11. The fraction of sp³-hybridized carbons (Fsp3) is 0.200. The lowest BCUT2D eigenvalue weighted by Crippen LogP contribution is -2.23. The number of hydrogen-bond donors (Lipinski definition) is 1. The Morgan fingerprint density at radius 3 is 2.75 bits per heavy atom. The summed E-state index contributed by atoms with van der Waals surface area (Å²) in [5, 5.41) is 24.6. The summed E-state index contributed by atoms with van der Waals surface area (Å²) in [6, 6.07) is 7.58. The minimum atomic E-state index is -1.31. The molecule has 1 aromatic heterocycles. The van der Waals surface area contributed by atoms with E-state index in [1.54, 1.807) is 18.2 Å². The van der Waals surface area contributed by atoms with Gasteiger partial charge >= 0.3 is 11.7 Å². The number of halogens is 2.